The molecule has 108 valence electrons. The second-order valence-corrected chi connectivity index (χ2v) is 7.45. The summed E-state index contributed by atoms with van der Waals surface area (Å²) in [4.78, 5) is 0. The van der Waals surface area contributed by atoms with Crippen LogP contribution in [-0.2, 0) is 6.42 Å². The maximum Gasteiger partial charge on any atom is 0.0113 e. The van der Waals surface area contributed by atoms with Crippen LogP contribution in [-0.4, -0.2) is 11.5 Å². The van der Waals surface area contributed by atoms with E-state index in [1.165, 1.54) is 42.4 Å². The normalized spacial score (nSPS) is 23.7. The molecule has 0 heterocycles. The molecule has 0 saturated heterocycles. The minimum atomic E-state index is 0.762. The van der Waals surface area contributed by atoms with Gasteiger partial charge in [-0.2, -0.15) is 11.8 Å². The van der Waals surface area contributed by atoms with E-state index < -0.39 is 0 Å². The Morgan fingerprint density at radius 1 is 0.905 bits per heavy atom. The van der Waals surface area contributed by atoms with Gasteiger partial charge in [0.15, 0.2) is 0 Å². The van der Waals surface area contributed by atoms with Crippen LogP contribution in [0.4, 0.5) is 0 Å². The molecule has 2 atom stereocenters. The van der Waals surface area contributed by atoms with Gasteiger partial charge in [-0.15, -0.1) is 0 Å². The zero-order valence-corrected chi connectivity index (χ0v) is 13.5. The van der Waals surface area contributed by atoms with Crippen LogP contribution < -0.4 is 0 Å². The maximum atomic E-state index is 2.41. The average molecular weight is 294 g/mol. The van der Waals surface area contributed by atoms with E-state index >= 15 is 0 Å². The summed E-state index contributed by atoms with van der Waals surface area (Å²) < 4.78 is 0. The predicted molar refractivity (Wildman–Crippen MR) is 93.2 cm³/mol. The molecule has 0 bridgehead atoms. The van der Waals surface area contributed by atoms with E-state index in [0.717, 1.165) is 17.6 Å². The van der Waals surface area contributed by atoms with E-state index in [0.29, 0.717) is 0 Å². The van der Waals surface area contributed by atoms with Crippen molar-refractivity contribution in [3.63, 3.8) is 0 Å². The number of thioether (sulfide) groups is 1. The highest BCUT2D eigenvalue weighted by Crippen LogP contribution is 2.45. The van der Waals surface area contributed by atoms with E-state index in [9.17, 15) is 0 Å². The molecule has 2 aromatic carbocycles. The molecule has 0 aliphatic heterocycles. The fraction of sp³-hybridized carbons (Fsp3) is 0.400. The number of rotatable bonds is 2. The first kappa shape index (κ1) is 13.5. The average Bonchev–Trinajstić information content (AvgIpc) is 2.93. The third-order valence-electron chi connectivity index (χ3n) is 5.29. The minimum Gasteiger partial charge on any atom is -0.161 e. The molecule has 0 spiro atoms. The van der Waals surface area contributed by atoms with Crippen molar-refractivity contribution in [3.05, 3.63) is 59.2 Å². The Morgan fingerprint density at radius 2 is 1.71 bits per heavy atom. The minimum absolute atomic E-state index is 0.762. The highest BCUT2D eigenvalue weighted by atomic mass is 32.2. The fourth-order valence-corrected chi connectivity index (χ4v) is 5.28. The van der Waals surface area contributed by atoms with Crippen LogP contribution in [0, 0.1) is 0 Å². The van der Waals surface area contributed by atoms with Gasteiger partial charge in [0, 0.05) is 5.25 Å². The lowest BCUT2D eigenvalue weighted by molar-refractivity contribution is 0.455. The predicted octanol–water partition coefficient (Wildman–Crippen LogP) is 5.65. The molecule has 0 N–H and O–H groups in total. The quantitative estimate of drug-likeness (QED) is 0.589. The molecule has 1 fully saturated rings. The van der Waals surface area contributed by atoms with E-state index in [2.05, 4.69) is 60.5 Å². The molecule has 0 radical (unpaired) electrons. The second kappa shape index (κ2) is 5.53. The molecule has 2 aliphatic rings. The first-order valence-corrected chi connectivity index (χ1v) is 9.40. The molecule has 21 heavy (non-hydrogen) atoms. The summed E-state index contributed by atoms with van der Waals surface area (Å²) in [7, 11) is 0. The maximum absolute atomic E-state index is 2.41. The number of fused-ring (bicyclic) bond motifs is 3. The standard InChI is InChI=1S/C20H22S/c1-21-20-12-5-4-9-18(20)17-11-6-10-16-15-8-3-2-7-14(15)13-19(16)17/h2-3,6-8,10-11,18,20H,4-5,9,12-13H2,1H3. The van der Waals surface area contributed by atoms with Crippen LogP contribution in [0.3, 0.4) is 0 Å². The first-order valence-electron chi connectivity index (χ1n) is 8.11. The monoisotopic (exact) mass is 294 g/mol. The SMILES string of the molecule is CSC1CCCCC1c1cccc2c1Cc1ccccc1-2. The van der Waals surface area contributed by atoms with Crippen molar-refractivity contribution in [1.82, 2.24) is 0 Å². The van der Waals surface area contributed by atoms with Gasteiger partial charge >= 0.3 is 0 Å². The molecule has 0 amide bonds. The Balaban J connectivity index is 1.79. The lowest BCUT2D eigenvalue weighted by atomic mass is 9.80. The molecule has 1 heteroatoms. The van der Waals surface area contributed by atoms with Crippen LogP contribution in [0.2, 0.25) is 0 Å². The number of benzene rings is 2. The van der Waals surface area contributed by atoms with Crippen LogP contribution in [0.25, 0.3) is 11.1 Å². The molecule has 2 aliphatic carbocycles. The molecule has 1 saturated carbocycles. The van der Waals surface area contributed by atoms with Gasteiger partial charge in [-0.3, -0.25) is 0 Å². The Kier molecular flexibility index (Phi) is 3.54. The summed E-state index contributed by atoms with van der Waals surface area (Å²) in [5.74, 6) is 0.762. The largest absolute Gasteiger partial charge is 0.161 e. The Labute approximate surface area is 132 Å². The smallest absolute Gasteiger partial charge is 0.0113 e. The highest BCUT2D eigenvalue weighted by molar-refractivity contribution is 7.99. The molecule has 0 aromatic heterocycles. The van der Waals surface area contributed by atoms with Crippen LogP contribution in [0.5, 0.6) is 0 Å². The molecule has 0 nitrogen and oxygen atoms in total. The van der Waals surface area contributed by atoms with Gasteiger partial charge in [-0.1, -0.05) is 55.3 Å². The van der Waals surface area contributed by atoms with E-state index in [1.807, 2.05) is 0 Å². The van der Waals surface area contributed by atoms with Crippen LogP contribution in [0.1, 0.15) is 48.3 Å². The van der Waals surface area contributed by atoms with Crippen molar-refractivity contribution < 1.29 is 0 Å². The summed E-state index contributed by atoms with van der Waals surface area (Å²) in [6.07, 6.45) is 9.01. The summed E-state index contributed by atoms with van der Waals surface area (Å²) in [6.45, 7) is 0. The third-order valence-corrected chi connectivity index (χ3v) is 6.46. The molecular formula is C20H22S. The summed E-state index contributed by atoms with van der Waals surface area (Å²) in [6, 6.07) is 15.9. The van der Waals surface area contributed by atoms with E-state index in [4.69, 9.17) is 0 Å². The second-order valence-electron chi connectivity index (χ2n) is 6.37. The summed E-state index contributed by atoms with van der Waals surface area (Å²) >= 11 is 2.08. The van der Waals surface area contributed by atoms with E-state index in [1.54, 1.807) is 11.1 Å². The Bertz CT molecular complexity index is 659. The highest BCUT2D eigenvalue weighted by Gasteiger charge is 2.30. The van der Waals surface area contributed by atoms with Crippen molar-refractivity contribution in [2.24, 2.45) is 0 Å². The van der Waals surface area contributed by atoms with Crippen molar-refractivity contribution >= 4 is 11.8 Å². The Morgan fingerprint density at radius 3 is 2.62 bits per heavy atom. The van der Waals surface area contributed by atoms with Crippen LogP contribution >= 0.6 is 11.8 Å². The lowest BCUT2D eigenvalue weighted by Crippen LogP contribution is -2.20. The zero-order valence-electron chi connectivity index (χ0n) is 12.6. The van der Waals surface area contributed by atoms with Gasteiger partial charge in [-0.05, 0) is 59.3 Å². The van der Waals surface area contributed by atoms with Crippen molar-refractivity contribution in [2.75, 3.05) is 6.26 Å². The van der Waals surface area contributed by atoms with Crippen molar-refractivity contribution in [1.29, 1.82) is 0 Å². The zero-order chi connectivity index (χ0) is 14.2. The van der Waals surface area contributed by atoms with Gasteiger partial charge in [0.25, 0.3) is 0 Å². The van der Waals surface area contributed by atoms with E-state index in [-0.39, 0.29) is 0 Å². The third kappa shape index (κ3) is 2.23. The lowest BCUT2D eigenvalue weighted by Gasteiger charge is -2.32. The van der Waals surface area contributed by atoms with Gasteiger partial charge in [0.1, 0.15) is 0 Å². The van der Waals surface area contributed by atoms with Gasteiger partial charge in [-0.25, -0.2) is 0 Å². The van der Waals surface area contributed by atoms with Crippen molar-refractivity contribution in [3.8, 4) is 11.1 Å². The summed E-state index contributed by atoms with van der Waals surface area (Å²) in [5.41, 5.74) is 7.73. The van der Waals surface area contributed by atoms with Crippen LogP contribution in [0.15, 0.2) is 42.5 Å². The molecule has 2 aromatic rings. The first-order chi connectivity index (χ1) is 10.4. The number of hydrogen-bond acceptors (Lipinski definition) is 1. The van der Waals surface area contributed by atoms with Gasteiger partial charge in [0.2, 0.25) is 0 Å². The van der Waals surface area contributed by atoms with Gasteiger partial charge < -0.3 is 0 Å². The fourth-order valence-electron chi connectivity index (χ4n) is 4.26. The summed E-state index contributed by atoms with van der Waals surface area (Å²) in [5, 5.41) is 0.814. The Hall–Kier alpha value is -1.21. The molecule has 2 unspecified atom stereocenters. The molecule has 4 rings (SSSR count). The van der Waals surface area contributed by atoms with Gasteiger partial charge in [0.05, 0.1) is 0 Å². The molecular weight excluding hydrogens is 272 g/mol. The number of hydrogen-bond donors (Lipinski definition) is 0. The topological polar surface area (TPSA) is 0 Å². The van der Waals surface area contributed by atoms with Crippen molar-refractivity contribution in [2.45, 2.75) is 43.3 Å².